The number of hydrogen-bond acceptors (Lipinski definition) is 5. The van der Waals surface area contributed by atoms with Crippen LogP contribution in [-0.4, -0.2) is 27.1 Å². The number of rotatable bonds is 5. The van der Waals surface area contributed by atoms with Crippen LogP contribution in [0.3, 0.4) is 0 Å². The Bertz CT molecular complexity index is 505. The van der Waals surface area contributed by atoms with E-state index in [1.165, 1.54) is 0 Å². The molecule has 2 N–H and O–H groups in total. The third kappa shape index (κ3) is 3.17. The fraction of sp³-hybridized carbons (Fsp3) is 0.500. The molecule has 0 radical (unpaired) electrons. The number of carboxylic acid groups (broad SMARTS) is 1. The molecule has 1 unspecified atom stereocenters. The van der Waals surface area contributed by atoms with Crippen molar-refractivity contribution >= 4 is 11.9 Å². The Morgan fingerprint density at radius 2 is 2.39 bits per heavy atom. The van der Waals surface area contributed by atoms with E-state index >= 15 is 0 Å². The highest BCUT2D eigenvalue weighted by Crippen LogP contribution is 2.34. The summed E-state index contributed by atoms with van der Waals surface area (Å²) in [6.07, 6.45) is 2.75. The minimum absolute atomic E-state index is 0.208. The largest absolute Gasteiger partial charge is 0.480 e. The Morgan fingerprint density at radius 1 is 1.67 bits per heavy atom. The van der Waals surface area contributed by atoms with Crippen molar-refractivity contribution in [3.8, 4) is 6.07 Å². The van der Waals surface area contributed by atoms with Crippen molar-refractivity contribution in [3.63, 3.8) is 0 Å². The molecule has 1 aliphatic rings. The van der Waals surface area contributed by atoms with Gasteiger partial charge >= 0.3 is 5.97 Å². The maximum Gasteiger partial charge on any atom is 0.326 e. The molecule has 6 nitrogen and oxygen atoms in total. The van der Waals surface area contributed by atoms with Crippen LogP contribution >= 0.6 is 0 Å². The SMILES string of the molecule is Cc1cc(C#N)nc(NC(CC2CC2)C(=O)O)n1. The fourth-order valence-electron chi connectivity index (χ4n) is 1.75. The molecule has 1 aliphatic carbocycles. The summed E-state index contributed by atoms with van der Waals surface area (Å²) >= 11 is 0. The minimum Gasteiger partial charge on any atom is -0.480 e. The van der Waals surface area contributed by atoms with E-state index in [-0.39, 0.29) is 11.6 Å². The van der Waals surface area contributed by atoms with E-state index in [2.05, 4.69) is 15.3 Å². The summed E-state index contributed by atoms with van der Waals surface area (Å²) in [5, 5.41) is 20.7. The van der Waals surface area contributed by atoms with E-state index < -0.39 is 12.0 Å². The van der Waals surface area contributed by atoms with Crippen molar-refractivity contribution in [2.75, 3.05) is 5.32 Å². The summed E-state index contributed by atoms with van der Waals surface area (Å²) in [6.45, 7) is 1.74. The molecular weight excluding hydrogens is 232 g/mol. The first kappa shape index (κ1) is 12.3. The first-order valence-electron chi connectivity index (χ1n) is 5.83. The smallest absolute Gasteiger partial charge is 0.326 e. The average molecular weight is 246 g/mol. The van der Waals surface area contributed by atoms with Gasteiger partial charge in [-0.3, -0.25) is 0 Å². The van der Waals surface area contributed by atoms with Crippen LogP contribution < -0.4 is 5.32 Å². The van der Waals surface area contributed by atoms with Crippen LogP contribution in [0.25, 0.3) is 0 Å². The van der Waals surface area contributed by atoms with Gasteiger partial charge in [0.2, 0.25) is 5.95 Å². The van der Waals surface area contributed by atoms with Gasteiger partial charge in [0.25, 0.3) is 0 Å². The molecule has 1 heterocycles. The van der Waals surface area contributed by atoms with Crippen LogP contribution in [0.2, 0.25) is 0 Å². The van der Waals surface area contributed by atoms with Gasteiger partial charge in [-0.15, -0.1) is 0 Å². The number of nitriles is 1. The zero-order valence-corrected chi connectivity index (χ0v) is 10.1. The van der Waals surface area contributed by atoms with Gasteiger partial charge < -0.3 is 10.4 Å². The molecule has 6 heteroatoms. The lowest BCUT2D eigenvalue weighted by atomic mass is 10.1. The van der Waals surface area contributed by atoms with Gasteiger partial charge in [0.1, 0.15) is 17.8 Å². The van der Waals surface area contributed by atoms with E-state index in [0.717, 1.165) is 12.8 Å². The first-order chi connectivity index (χ1) is 8.58. The number of carbonyl (C=O) groups is 1. The van der Waals surface area contributed by atoms with Gasteiger partial charge in [-0.05, 0) is 25.3 Å². The van der Waals surface area contributed by atoms with E-state index in [1.807, 2.05) is 6.07 Å². The second-order valence-corrected chi connectivity index (χ2v) is 4.54. The van der Waals surface area contributed by atoms with Gasteiger partial charge in [-0.25, -0.2) is 14.8 Å². The Kier molecular flexibility index (Phi) is 3.42. The van der Waals surface area contributed by atoms with Crippen molar-refractivity contribution < 1.29 is 9.90 Å². The highest BCUT2D eigenvalue weighted by molar-refractivity contribution is 5.76. The molecule has 0 bridgehead atoms. The van der Waals surface area contributed by atoms with E-state index in [0.29, 0.717) is 18.0 Å². The molecule has 0 amide bonds. The summed E-state index contributed by atoms with van der Waals surface area (Å²) in [4.78, 5) is 19.2. The highest BCUT2D eigenvalue weighted by Gasteiger charge is 2.29. The summed E-state index contributed by atoms with van der Waals surface area (Å²) in [5.41, 5.74) is 0.875. The summed E-state index contributed by atoms with van der Waals surface area (Å²) in [6, 6.07) is 2.79. The zero-order valence-electron chi connectivity index (χ0n) is 10.1. The monoisotopic (exact) mass is 246 g/mol. The molecule has 1 fully saturated rings. The molecule has 18 heavy (non-hydrogen) atoms. The number of carboxylic acids is 1. The molecule has 1 saturated carbocycles. The van der Waals surface area contributed by atoms with Crippen LogP contribution in [0.4, 0.5) is 5.95 Å². The first-order valence-corrected chi connectivity index (χ1v) is 5.83. The number of nitrogens with zero attached hydrogens (tertiary/aromatic N) is 3. The van der Waals surface area contributed by atoms with Gasteiger partial charge in [-0.2, -0.15) is 5.26 Å². The summed E-state index contributed by atoms with van der Waals surface area (Å²) in [7, 11) is 0. The number of aromatic nitrogens is 2. The Morgan fingerprint density at radius 3 is 2.94 bits per heavy atom. The maximum atomic E-state index is 11.1. The van der Waals surface area contributed by atoms with Crippen molar-refractivity contribution in [1.29, 1.82) is 5.26 Å². The predicted octanol–water partition coefficient (Wildman–Crippen LogP) is 1.32. The summed E-state index contributed by atoms with van der Waals surface area (Å²) in [5.74, 6) is -0.219. The van der Waals surface area contributed by atoms with Gasteiger partial charge in [0.15, 0.2) is 0 Å². The predicted molar refractivity (Wildman–Crippen MR) is 63.9 cm³/mol. The molecule has 1 aromatic rings. The van der Waals surface area contributed by atoms with Crippen LogP contribution in [-0.2, 0) is 4.79 Å². The summed E-state index contributed by atoms with van der Waals surface area (Å²) < 4.78 is 0. The lowest BCUT2D eigenvalue weighted by Crippen LogP contribution is -2.30. The lowest BCUT2D eigenvalue weighted by Gasteiger charge is -2.14. The normalized spacial score (nSPS) is 15.8. The van der Waals surface area contributed by atoms with E-state index in [4.69, 9.17) is 10.4 Å². The van der Waals surface area contributed by atoms with Crippen molar-refractivity contribution in [3.05, 3.63) is 17.5 Å². The van der Waals surface area contributed by atoms with Gasteiger partial charge in [0, 0.05) is 5.69 Å². The molecule has 0 saturated heterocycles. The van der Waals surface area contributed by atoms with Crippen LogP contribution in [0.1, 0.15) is 30.7 Å². The molecule has 94 valence electrons. The van der Waals surface area contributed by atoms with Crippen molar-refractivity contribution in [1.82, 2.24) is 9.97 Å². The molecule has 0 aliphatic heterocycles. The Balaban J connectivity index is 2.12. The topological polar surface area (TPSA) is 98.9 Å². The minimum atomic E-state index is -0.912. The molecule has 0 aromatic carbocycles. The molecule has 1 aromatic heterocycles. The second-order valence-electron chi connectivity index (χ2n) is 4.54. The number of aryl methyl sites for hydroxylation is 1. The Hall–Kier alpha value is -2.16. The quantitative estimate of drug-likeness (QED) is 0.813. The average Bonchev–Trinajstić information content (AvgIpc) is 3.11. The third-order valence-corrected chi connectivity index (χ3v) is 2.84. The second kappa shape index (κ2) is 5.00. The van der Waals surface area contributed by atoms with E-state index in [9.17, 15) is 4.79 Å². The van der Waals surface area contributed by atoms with Crippen molar-refractivity contribution in [2.24, 2.45) is 5.92 Å². The number of nitrogens with one attached hydrogen (secondary N) is 1. The molecule has 0 spiro atoms. The molecule has 2 rings (SSSR count). The molecular formula is C12H14N4O2. The Labute approximate surface area is 105 Å². The van der Waals surface area contributed by atoms with Crippen LogP contribution in [0.5, 0.6) is 0 Å². The number of anilines is 1. The van der Waals surface area contributed by atoms with Crippen LogP contribution in [0.15, 0.2) is 6.07 Å². The lowest BCUT2D eigenvalue weighted by molar-refractivity contribution is -0.138. The zero-order chi connectivity index (χ0) is 13.1. The number of aliphatic carboxylic acids is 1. The molecule has 1 atom stereocenters. The highest BCUT2D eigenvalue weighted by atomic mass is 16.4. The van der Waals surface area contributed by atoms with Gasteiger partial charge in [0.05, 0.1) is 0 Å². The number of hydrogen-bond donors (Lipinski definition) is 2. The van der Waals surface area contributed by atoms with E-state index in [1.54, 1.807) is 13.0 Å². The van der Waals surface area contributed by atoms with Crippen LogP contribution in [0, 0.1) is 24.2 Å². The fourth-order valence-corrected chi connectivity index (χ4v) is 1.75. The standard InChI is InChI=1S/C12H14N4O2/c1-7-4-9(6-13)15-12(14-7)16-10(11(17)18)5-8-2-3-8/h4,8,10H,2-3,5H2,1H3,(H,17,18)(H,14,15,16). The van der Waals surface area contributed by atoms with Gasteiger partial charge in [-0.1, -0.05) is 12.8 Å². The van der Waals surface area contributed by atoms with Crippen molar-refractivity contribution in [2.45, 2.75) is 32.2 Å². The third-order valence-electron chi connectivity index (χ3n) is 2.84. The maximum absolute atomic E-state index is 11.1.